The molecular weight excluding hydrogens is 264 g/mol. The van der Waals surface area contributed by atoms with Crippen molar-refractivity contribution in [2.24, 2.45) is 0 Å². The van der Waals surface area contributed by atoms with Crippen molar-refractivity contribution < 1.29 is 14.7 Å². The molecule has 5 nitrogen and oxygen atoms in total. The number of rotatable bonds is 6. The summed E-state index contributed by atoms with van der Waals surface area (Å²) in [7, 11) is 0. The third kappa shape index (κ3) is 5.21. The number of carbonyl (C=O) groups is 2. The van der Waals surface area contributed by atoms with Gasteiger partial charge in [-0.1, -0.05) is 18.2 Å². The molecular formula is C13H18N2O3S. The first-order valence-corrected chi connectivity index (χ1v) is 7.29. The second kappa shape index (κ2) is 7.68. The van der Waals surface area contributed by atoms with Crippen LogP contribution in [0.25, 0.3) is 0 Å². The number of carboxylic acids is 1. The number of hydrogen-bond donors (Lipinski definition) is 3. The first kappa shape index (κ1) is 15.4. The summed E-state index contributed by atoms with van der Waals surface area (Å²) in [5.74, 6) is -0.337. The second-order valence-electron chi connectivity index (χ2n) is 4.09. The zero-order chi connectivity index (χ0) is 14.3. The van der Waals surface area contributed by atoms with E-state index in [1.807, 2.05) is 31.4 Å². The molecule has 0 aliphatic carbocycles. The number of thioether (sulfide) groups is 1. The summed E-state index contributed by atoms with van der Waals surface area (Å²) < 4.78 is 0. The summed E-state index contributed by atoms with van der Waals surface area (Å²) in [5.41, 5.74) is 1.60. The van der Waals surface area contributed by atoms with Gasteiger partial charge in [-0.05, 0) is 37.0 Å². The zero-order valence-electron chi connectivity index (χ0n) is 11.0. The number of benzene rings is 1. The molecule has 3 N–H and O–H groups in total. The molecule has 0 radical (unpaired) electrons. The molecule has 0 saturated carbocycles. The highest BCUT2D eigenvalue weighted by molar-refractivity contribution is 7.98. The first-order chi connectivity index (χ1) is 9.04. The number of urea groups is 1. The predicted octanol–water partition coefficient (Wildman–Crippen LogP) is 2.32. The summed E-state index contributed by atoms with van der Waals surface area (Å²) in [6.07, 6.45) is 2.30. The molecule has 0 heterocycles. The Bertz CT molecular complexity index is 451. The van der Waals surface area contributed by atoms with E-state index in [2.05, 4.69) is 10.6 Å². The average molecular weight is 282 g/mol. The molecule has 1 atom stereocenters. The van der Waals surface area contributed by atoms with Crippen molar-refractivity contribution in [1.82, 2.24) is 5.32 Å². The second-order valence-corrected chi connectivity index (χ2v) is 5.07. The van der Waals surface area contributed by atoms with Crippen LogP contribution in [0.5, 0.6) is 0 Å². The molecule has 0 unspecified atom stereocenters. The number of aryl methyl sites for hydroxylation is 1. The molecule has 0 aliphatic rings. The summed E-state index contributed by atoms with van der Waals surface area (Å²) in [6, 6.07) is 5.96. The molecule has 0 spiro atoms. The highest BCUT2D eigenvalue weighted by Crippen LogP contribution is 2.12. The van der Waals surface area contributed by atoms with E-state index in [1.165, 1.54) is 0 Å². The van der Waals surface area contributed by atoms with Gasteiger partial charge in [0.1, 0.15) is 6.04 Å². The lowest BCUT2D eigenvalue weighted by atomic mass is 10.2. The molecule has 1 rings (SSSR count). The summed E-state index contributed by atoms with van der Waals surface area (Å²) in [6.45, 7) is 1.87. The first-order valence-electron chi connectivity index (χ1n) is 5.89. The molecule has 0 aromatic heterocycles. The maximum atomic E-state index is 11.8. The minimum Gasteiger partial charge on any atom is -0.480 e. The van der Waals surface area contributed by atoms with Gasteiger partial charge < -0.3 is 15.7 Å². The quantitative estimate of drug-likeness (QED) is 0.748. The van der Waals surface area contributed by atoms with Crippen LogP contribution in [0.15, 0.2) is 24.3 Å². The van der Waals surface area contributed by atoms with Crippen molar-refractivity contribution in [3.63, 3.8) is 0 Å². The van der Waals surface area contributed by atoms with Crippen LogP contribution in [0, 0.1) is 6.92 Å². The number of hydrogen-bond acceptors (Lipinski definition) is 3. The molecule has 104 valence electrons. The molecule has 0 bridgehead atoms. The van der Waals surface area contributed by atoms with E-state index in [4.69, 9.17) is 5.11 Å². The number of amides is 2. The Morgan fingerprint density at radius 3 is 2.63 bits per heavy atom. The van der Waals surface area contributed by atoms with Gasteiger partial charge in [-0.2, -0.15) is 11.8 Å². The molecule has 19 heavy (non-hydrogen) atoms. The number of para-hydroxylation sites is 1. The third-order valence-corrected chi connectivity index (χ3v) is 3.25. The lowest BCUT2D eigenvalue weighted by Crippen LogP contribution is -2.43. The number of aliphatic carboxylic acids is 1. The molecule has 2 amide bonds. The van der Waals surface area contributed by atoms with E-state index in [0.29, 0.717) is 17.9 Å². The minimum atomic E-state index is -1.02. The number of carbonyl (C=O) groups excluding carboxylic acids is 1. The van der Waals surface area contributed by atoms with Crippen LogP contribution in [0.4, 0.5) is 10.5 Å². The van der Waals surface area contributed by atoms with Gasteiger partial charge in [0.05, 0.1) is 0 Å². The maximum absolute atomic E-state index is 11.8. The monoisotopic (exact) mass is 282 g/mol. The van der Waals surface area contributed by atoms with Crippen LogP contribution in [0.1, 0.15) is 12.0 Å². The normalized spacial score (nSPS) is 11.7. The van der Waals surface area contributed by atoms with Crippen LogP contribution in [-0.2, 0) is 4.79 Å². The molecule has 0 fully saturated rings. The smallest absolute Gasteiger partial charge is 0.326 e. The molecule has 1 aromatic rings. The fourth-order valence-corrected chi connectivity index (χ4v) is 1.99. The summed E-state index contributed by atoms with van der Waals surface area (Å²) in [5, 5.41) is 14.1. The van der Waals surface area contributed by atoms with E-state index < -0.39 is 18.0 Å². The van der Waals surface area contributed by atoms with Crippen molar-refractivity contribution in [3.05, 3.63) is 29.8 Å². The van der Waals surface area contributed by atoms with Gasteiger partial charge in [0.15, 0.2) is 0 Å². The zero-order valence-corrected chi connectivity index (χ0v) is 11.8. The Kier molecular flexibility index (Phi) is 6.21. The van der Waals surface area contributed by atoms with E-state index in [1.54, 1.807) is 17.8 Å². The van der Waals surface area contributed by atoms with Crippen molar-refractivity contribution in [1.29, 1.82) is 0 Å². The van der Waals surface area contributed by atoms with Gasteiger partial charge in [0, 0.05) is 5.69 Å². The van der Waals surface area contributed by atoms with Crippen LogP contribution in [0.3, 0.4) is 0 Å². The van der Waals surface area contributed by atoms with Gasteiger partial charge in [-0.15, -0.1) is 0 Å². The Balaban J connectivity index is 2.58. The van der Waals surface area contributed by atoms with E-state index in [0.717, 1.165) is 5.56 Å². The molecule has 0 saturated heterocycles. The third-order valence-electron chi connectivity index (χ3n) is 2.61. The topological polar surface area (TPSA) is 78.4 Å². The van der Waals surface area contributed by atoms with Crippen molar-refractivity contribution in [3.8, 4) is 0 Å². The van der Waals surface area contributed by atoms with Crippen molar-refractivity contribution in [2.45, 2.75) is 19.4 Å². The fraction of sp³-hybridized carbons (Fsp3) is 0.385. The van der Waals surface area contributed by atoms with Crippen molar-refractivity contribution in [2.75, 3.05) is 17.3 Å². The number of anilines is 1. The van der Waals surface area contributed by atoms with Crippen molar-refractivity contribution >= 4 is 29.4 Å². The maximum Gasteiger partial charge on any atom is 0.326 e. The van der Waals surface area contributed by atoms with Crippen LogP contribution in [-0.4, -0.2) is 35.2 Å². The molecule has 0 aliphatic heterocycles. The standard InChI is InChI=1S/C13H18N2O3S/c1-9-5-3-4-6-10(9)14-13(18)15-11(12(16)17)7-8-19-2/h3-6,11H,7-8H2,1-2H3,(H,16,17)(H2,14,15,18)/t11-/m1/s1. The van der Waals surface area contributed by atoms with Gasteiger partial charge in [0.2, 0.25) is 0 Å². The Labute approximate surface area is 116 Å². The van der Waals surface area contributed by atoms with Crippen LogP contribution >= 0.6 is 11.8 Å². The van der Waals surface area contributed by atoms with E-state index in [-0.39, 0.29) is 0 Å². The Morgan fingerprint density at radius 2 is 2.05 bits per heavy atom. The van der Waals surface area contributed by atoms with Gasteiger partial charge in [-0.25, -0.2) is 9.59 Å². The van der Waals surface area contributed by atoms with E-state index >= 15 is 0 Å². The van der Waals surface area contributed by atoms with Crippen LogP contribution < -0.4 is 10.6 Å². The summed E-state index contributed by atoms with van der Waals surface area (Å²) in [4.78, 5) is 22.8. The van der Waals surface area contributed by atoms with Gasteiger partial charge in [-0.3, -0.25) is 0 Å². The van der Waals surface area contributed by atoms with Gasteiger partial charge in [0.25, 0.3) is 0 Å². The van der Waals surface area contributed by atoms with E-state index in [9.17, 15) is 9.59 Å². The van der Waals surface area contributed by atoms with Crippen LogP contribution in [0.2, 0.25) is 0 Å². The largest absolute Gasteiger partial charge is 0.480 e. The summed E-state index contributed by atoms with van der Waals surface area (Å²) >= 11 is 1.55. The fourth-order valence-electron chi connectivity index (χ4n) is 1.52. The Hall–Kier alpha value is -1.69. The predicted molar refractivity (Wildman–Crippen MR) is 77.8 cm³/mol. The Morgan fingerprint density at radius 1 is 1.37 bits per heavy atom. The number of carboxylic acid groups (broad SMARTS) is 1. The SMILES string of the molecule is CSCC[C@@H](NC(=O)Nc1ccccc1C)C(=O)O. The average Bonchev–Trinajstić information content (AvgIpc) is 2.37. The number of nitrogens with one attached hydrogen (secondary N) is 2. The molecule has 6 heteroatoms. The highest BCUT2D eigenvalue weighted by Gasteiger charge is 2.19. The highest BCUT2D eigenvalue weighted by atomic mass is 32.2. The minimum absolute atomic E-state index is 0.400. The molecule has 1 aromatic carbocycles. The van der Waals surface area contributed by atoms with Gasteiger partial charge >= 0.3 is 12.0 Å². The lowest BCUT2D eigenvalue weighted by molar-refractivity contribution is -0.139. The lowest BCUT2D eigenvalue weighted by Gasteiger charge is -2.15.